The highest BCUT2D eigenvalue weighted by Crippen LogP contribution is 2.45. The molecule has 1 nitrogen and oxygen atoms in total. The van der Waals surface area contributed by atoms with Gasteiger partial charge in [-0.25, -0.2) is 0 Å². The maximum absolute atomic E-state index is 12.4. The summed E-state index contributed by atoms with van der Waals surface area (Å²) in [4.78, 5) is 12.4. The Balaban J connectivity index is 1.83. The number of fused-ring (bicyclic) bond motifs is 2. The van der Waals surface area contributed by atoms with Crippen LogP contribution in [0.5, 0.6) is 0 Å². The molecule has 0 saturated carbocycles. The van der Waals surface area contributed by atoms with E-state index < -0.39 is 0 Å². The second-order valence-electron chi connectivity index (χ2n) is 5.33. The number of Topliss-reactive ketones (excluding diaryl/α,β-unsaturated/α-hetero) is 1. The van der Waals surface area contributed by atoms with E-state index in [4.69, 9.17) is 0 Å². The van der Waals surface area contributed by atoms with Crippen LogP contribution in [0.4, 0.5) is 0 Å². The summed E-state index contributed by atoms with van der Waals surface area (Å²) in [6.45, 7) is 0. The van der Waals surface area contributed by atoms with Gasteiger partial charge in [-0.3, -0.25) is 4.79 Å². The van der Waals surface area contributed by atoms with Gasteiger partial charge in [0.15, 0.2) is 0 Å². The Morgan fingerprint density at radius 3 is 2.53 bits per heavy atom. The van der Waals surface area contributed by atoms with Crippen molar-refractivity contribution in [2.45, 2.75) is 18.3 Å². The van der Waals surface area contributed by atoms with Crippen LogP contribution in [0.2, 0.25) is 0 Å². The number of hydrogen-bond acceptors (Lipinski definition) is 1. The average molecular weight is 246 g/mol. The molecular formula is C18H14O. The zero-order valence-corrected chi connectivity index (χ0v) is 10.5. The second-order valence-corrected chi connectivity index (χ2v) is 5.33. The first-order valence-corrected chi connectivity index (χ1v) is 6.72. The lowest BCUT2D eigenvalue weighted by molar-refractivity contribution is -0.119. The highest BCUT2D eigenvalue weighted by molar-refractivity contribution is 5.94. The second kappa shape index (κ2) is 3.92. The molecule has 2 atom stereocenters. The Hall–Kier alpha value is -2.15. The van der Waals surface area contributed by atoms with Crippen molar-refractivity contribution in [2.24, 2.45) is 0 Å². The minimum atomic E-state index is 0.0103. The molecule has 0 heterocycles. The number of ketones is 1. The highest BCUT2D eigenvalue weighted by atomic mass is 16.1. The number of benzene rings is 2. The van der Waals surface area contributed by atoms with Gasteiger partial charge in [-0.15, -0.1) is 0 Å². The van der Waals surface area contributed by atoms with Crippen LogP contribution in [0.25, 0.3) is 6.08 Å². The zero-order chi connectivity index (χ0) is 12.8. The summed E-state index contributed by atoms with van der Waals surface area (Å²) >= 11 is 0. The van der Waals surface area contributed by atoms with Gasteiger partial charge in [-0.05, 0) is 22.3 Å². The third-order valence-corrected chi connectivity index (χ3v) is 4.30. The normalized spacial score (nSPS) is 23.5. The Kier molecular flexibility index (Phi) is 2.22. The quantitative estimate of drug-likeness (QED) is 0.749. The largest absolute Gasteiger partial charge is 0.299 e. The van der Waals surface area contributed by atoms with Crippen molar-refractivity contribution in [3.8, 4) is 0 Å². The van der Waals surface area contributed by atoms with E-state index in [1.54, 1.807) is 0 Å². The van der Waals surface area contributed by atoms with Crippen LogP contribution in [0.1, 0.15) is 34.1 Å². The predicted octanol–water partition coefficient (Wildman–Crippen LogP) is 3.71. The van der Waals surface area contributed by atoms with E-state index in [0.717, 1.165) is 0 Å². The highest BCUT2D eigenvalue weighted by Gasteiger charge is 2.37. The minimum absolute atomic E-state index is 0.0103. The molecule has 0 radical (unpaired) electrons. The molecule has 0 bridgehead atoms. The van der Waals surface area contributed by atoms with E-state index in [9.17, 15) is 4.79 Å². The van der Waals surface area contributed by atoms with E-state index in [1.165, 1.54) is 22.3 Å². The van der Waals surface area contributed by atoms with Crippen LogP contribution < -0.4 is 0 Å². The average Bonchev–Trinajstić information content (AvgIpc) is 2.98. The number of carbonyl (C=O) groups excluding carboxylic acids is 1. The Morgan fingerprint density at radius 2 is 1.63 bits per heavy atom. The monoisotopic (exact) mass is 246 g/mol. The van der Waals surface area contributed by atoms with Crippen molar-refractivity contribution < 1.29 is 4.79 Å². The topological polar surface area (TPSA) is 17.1 Å². The van der Waals surface area contributed by atoms with Crippen LogP contribution in [-0.4, -0.2) is 5.78 Å². The van der Waals surface area contributed by atoms with Gasteiger partial charge in [0.2, 0.25) is 0 Å². The number of carbonyl (C=O) groups is 1. The first-order chi connectivity index (χ1) is 9.34. The Bertz CT molecular complexity index is 696. The predicted molar refractivity (Wildman–Crippen MR) is 76.1 cm³/mol. The molecule has 1 heteroatoms. The molecule has 0 aromatic heterocycles. The van der Waals surface area contributed by atoms with E-state index in [-0.39, 0.29) is 11.8 Å². The molecule has 2 unspecified atom stereocenters. The fraction of sp³-hybridized carbons (Fsp3) is 0.167. The molecule has 0 saturated heterocycles. The lowest BCUT2D eigenvalue weighted by atomic mass is 9.83. The first-order valence-electron chi connectivity index (χ1n) is 6.72. The van der Waals surface area contributed by atoms with Gasteiger partial charge in [0.05, 0.1) is 5.92 Å². The summed E-state index contributed by atoms with van der Waals surface area (Å²) in [5.74, 6) is 0.580. The Morgan fingerprint density at radius 1 is 0.895 bits per heavy atom. The summed E-state index contributed by atoms with van der Waals surface area (Å²) in [7, 11) is 0. The van der Waals surface area contributed by atoms with Gasteiger partial charge in [0.25, 0.3) is 0 Å². The third kappa shape index (κ3) is 1.51. The molecular weight excluding hydrogens is 232 g/mol. The van der Waals surface area contributed by atoms with Gasteiger partial charge < -0.3 is 0 Å². The summed E-state index contributed by atoms with van der Waals surface area (Å²) in [6.07, 6.45) is 4.93. The van der Waals surface area contributed by atoms with Crippen molar-refractivity contribution in [1.82, 2.24) is 0 Å². The molecule has 2 aromatic rings. The molecule has 0 fully saturated rings. The zero-order valence-electron chi connectivity index (χ0n) is 10.5. The van der Waals surface area contributed by atoms with Crippen LogP contribution in [0.15, 0.2) is 54.6 Å². The molecule has 0 N–H and O–H groups in total. The van der Waals surface area contributed by atoms with Crippen molar-refractivity contribution in [2.75, 3.05) is 0 Å². The van der Waals surface area contributed by atoms with Crippen molar-refractivity contribution in [1.29, 1.82) is 0 Å². The van der Waals surface area contributed by atoms with Crippen LogP contribution in [-0.2, 0) is 11.2 Å². The molecule has 0 spiro atoms. The van der Waals surface area contributed by atoms with E-state index in [0.29, 0.717) is 12.2 Å². The smallest absolute Gasteiger partial charge is 0.145 e. The van der Waals surface area contributed by atoms with Crippen molar-refractivity contribution in [3.63, 3.8) is 0 Å². The lowest BCUT2D eigenvalue weighted by Crippen LogP contribution is -2.13. The first kappa shape index (κ1) is 10.7. The molecule has 4 rings (SSSR count). The van der Waals surface area contributed by atoms with Gasteiger partial charge in [-0.1, -0.05) is 60.7 Å². The van der Waals surface area contributed by atoms with Gasteiger partial charge in [0, 0.05) is 12.3 Å². The summed E-state index contributed by atoms with van der Waals surface area (Å²) in [5, 5.41) is 0. The van der Waals surface area contributed by atoms with Gasteiger partial charge in [0.1, 0.15) is 5.78 Å². The van der Waals surface area contributed by atoms with Crippen molar-refractivity contribution in [3.05, 3.63) is 76.9 Å². The van der Waals surface area contributed by atoms with Crippen LogP contribution in [0, 0.1) is 0 Å². The molecule has 2 aromatic carbocycles. The molecule has 0 amide bonds. The summed E-state index contributed by atoms with van der Waals surface area (Å²) in [5.41, 5.74) is 4.97. The molecule has 92 valence electrons. The summed E-state index contributed by atoms with van der Waals surface area (Å²) < 4.78 is 0. The van der Waals surface area contributed by atoms with E-state index in [1.807, 2.05) is 12.1 Å². The number of hydrogen-bond donors (Lipinski definition) is 0. The van der Waals surface area contributed by atoms with E-state index >= 15 is 0 Å². The fourth-order valence-electron chi connectivity index (χ4n) is 3.43. The molecule has 19 heavy (non-hydrogen) atoms. The van der Waals surface area contributed by atoms with Crippen molar-refractivity contribution >= 4 is 11.9 Å². The Labute approximate surface area is 112 Å². The molecule has 2 aliphatic rings. The number of allylic oxidation sites excluding steroid dienone is 1. The standard InChI is InChI=1S/C18H14O/c19-17-11-13-6-2-4-8-15(13)18(17)16-10-9-12-5-1-3-7-14(12)16/h1-10,16,18H,11H2. The van der Waals surface area contributed by atoms with Crippen LogP contribution in [0.3, 0.4) is 0 Å². The maximum atomic E-state index is 12.4. The van der Waals surface area contributed by atoms with Crippen LogP contribution >= 0.6 is 0 Å². The molecule has 0 aliphatic heterocycles. The maximum Gasteiger partial charge on any atom is 0.145 e. The minimum Gasteiger partial charge on any atom is -0.299 e. The number of rotatable bonds is 1. The van der Waals surface area contributed by atoms with E-state index in [2.05, 4.69) is 48.6 Å². The lowest BCUT2D eigenvalue weighted by Gasteiger charge is -2.18. The SMILES string of the molecule is O=C1Cc2ccccc2C1C1C=Cc2ccccc21. The third-order valence-electron chi connectivity index (χ3n) is 4.30. The van der Waals surface area contributed by atoms with Gasteiger partial charge >= 0.3 is 0 Å². The fourth-order valence-corrected chi connectivity index (χ4v) is 3.43. The molecule has 2 aliphatic carbocycles. The summed E-state index contributed by atoms with van der Waals surface area (Å²) in [6, 6.07) is 16.6. The van der Waals surface area contributed by atoms with Gasteiger partial charge in [-0.2, -0.15) is 0 Å².